The van der Waals surface area contributed by atoms with Crippen molar-refractivity contribution < 1.29 is 4.79 Å². The normalized spacial score (nSPS) is 15.4. The van der Waals surface area contributed by atoms with Gasteiger partial charge in [0.1, 0.15) is 4.47 Å². The molecule has 1 aliphatic heterocycles. The van der Waals surface area contributed by atoms with Crippen molar-refractivity contribution in [1.29, 1.82) is 0 Å². The first-order chi connectivity index (χ1) is 18.0. The standard InChI is InChI=1S/C30H31BrN4O2/c1-33-26(27(31)28(36)35(33)25-15-9-4-10-16-25)22-34-19-17-30(18-20-34,24-13-7-3-8-14-24)29(37)32-21-23-11-5-2-6-12-23/h2-16H,17-22H2,1H3,(H,32,37). The summed E-state index contributed by atoms with van der Waals surface area (Å²) >= 11 is 3.56. The number of aromatic nitrogens is 2. The van der Waals surface area contributed by atoms with Crippen LogP contribution >= 0.6 is 15.9 Å². The first-order valence-corrected chi connectivity index (χ1v) is 13.4. The average molecular weight is 560 g/mol. The second-order valence-electron chi connectivity index (χ2n) is 9.63. The molecule has 0 bridgehead atoms. The Kier molecular flexibility index (Phi) is 7.44. The Balaban J connectivity index is 1.34. The van der Waals surface area contributed by atoms with Crippen LogP contribution in [0.2, 0.25) is 0 Å². The van der Waals surface area contributed by atoms with Gasteiger partial charge in [-0.05, 0) is 65.1 Å². The van der Waals surface area contributed by atoms with Gasteiger partial charge >= 0.3 is 0 Å². The molecule has 37 heavy (non-hydrogen) atoms. The molecule has 1 N–H and O–H groups in total. The van der Waals surface area contributed by atoms with Crippen LogP contribution in [0, 0.1) is 0 Å². The number of amides is 1. The minimum Gasteiger partial charge on any atom is -0.351 e. The zero-order chi connectivity index (χ0) is 25.8. The lowest BCUT2D eigenvalue weighted by Gasteiger charge is -2.41. The van der Waals surface area contributed by atoms with Crippen LogP contribution in [-0.4, -0.2) is 33.3 Å². The van der Waals surface area contributed by atoms with Gasteiger partial charge in [-0.1, -0.05) is 78.9 Å². The van der Waals surface area contributed by atoms with Crippen LogP contribution in [-0.2, 0) is 30.3 Å². The number of piperidine rings is 1. The van der Waals surface area contributed by atoms with E-state index in [1.807, 2.05) is 90.6 Å². The van der Waals surface area contributed by atoms with E-state index >= 15 is 0 Å². The van der Waals surface area contributed by atoms with Gasteiger partial charge in [0.05, 0.1) is 16.8 Å². The molecule has 1 amide bonds. The summed E-state index contributed by atoms with van der Waals surface area (Å²) in [7, 11) is 1.92. The smallest absolute Gasteiger partial charge is 0.286 e. The number of nitrogens with one attached hydrogen (secondary N) is 1. The zero-order valence-electron chi connectivity index (χ0n) is 20.9. The van der Waals surface area contributed by atoms with Crippen LogP contribution in [0.4, 0.5) is 0 Å². The number of carbonyl (C=O) groups is 1. The van der Waals surface area contributed by atoms with Gasteiger partial charge in [0.25, 0.3) is 5.56 Å². The number of rotatable bonds is 7. The second kappa shape index (κ2) is 10.9. The molecule has 0 radical (unpaired) electrons. The highest BCUT2D eigenvalue weighted by molar-refractivity contribution is 9.10. The van der Waals surface area contributed by atoms with E-state index in [4.69, 9.17) is 0 Å². The largest absolute Gasteiger partial charge is 0.351 e. The van der Waals surface area contributed by atoms with Gasteiger partial charge in [0.2, 0.25) is 5.91 Å². The van der Waals surface area contributed by atoms with Gasteiger partial charge in [-0.2, -0.15) is 0 Å². The molecule has 1 saturated heterocycles. The average Bonchev–Trinajstić information content (AvgIpc) is 3.16. The van der Waals surface area contributed by atoms with E-state index in [9.17, 15) is 9.59 Å². The molecule has 1 aromatic heterocycles. The van der Waals surface area contributed by atoms with Crippen LogP contribution in [0.5, 0.6) is 0 Å². The minimum atomic E-state index is -0.578. The molecule has 6 nitrogen and oxygen atoms in total. The predicted molar refractivity (Wildman–Crippen MR) is 150 cm³/mol. The van der Waals surface area contributed by atoms with E-state index < -0.39 is 5.41 Å². The lowest BCUT2D eigenvalue weighted by molar-refractivity contribution is -0.129. The molecule has 190 valence electrons. The Labute approximate surface area is 225 Å². The third-order valence-electron chi connectivity index (χ3n) is 7.46. The van der Waals surface area contributed by atoms with Crippen LogP contribution in [0.3, 0.4) is 0 Å². The number of likely N-dealkylation sites (tertiary alicyclic amines) is 1. The van der Waals surface area contributed by atoms with Crippen LogP contribution in [0.1, 0.15) is 29.7 Å². The summed E-state index contributed by atoms with van der Waals surface area (Å²) in [6.45, 7) is 2.65. The topological polar surface area (TPSA) is 59.3 Å². The SMILES string of the molecule is Cn1c(CN2CCC(C(=O)NCc3ccccc3)(c3ccccc3)CC2)c(Br)c(=O)n1-c1ccccc1. The van der Waals surface area contributed by atoms with E-state index in [0.717, 1.165) is 35.6 Å². The molecular weight excluding hydrogens is 528 g/mol. The van der Waals surface area contributed by atoms with Crippen molar-refractivity contribution in [2.45, 2.75) is 31.3 Å². The summed E-state index contributed by atoms with van der Waals surface area (Å²) in [5, 5.41) is 3.21. The van der Waals surface area contributed by atoms with Crippen molar-refractivity contribution in [2.24, 2.45) is 7.05 Å². The summed E-state index contributed by atoms with van der Waals surface area (Å²) in [6.07, 6.45) is 1.42. The van der Waals surface area contributed by atoms with Crippen LogP contribution in [0.15, 0.2) is 100 Å². The quantitative estimate of drug-likeness (QED) is 0.355. The summed E-state index contributed by atoms with van der Waals surface area (Å²) < 4.78 is 4.20. The van der Waals surface area contributed by atoms with E-state index in [2.05, 4.69) is 38.3 Å². The van der Waals surface area contributed by atoms with Crippen molar-refractivity contribution >= 4 is 21.8 Å². The molecule has 2 heterocycles. The molecule has 7 heteroatoms. The Morgan fingerprint density at radius 1 is 0.892 bits per heavy atom. The Hall–Kier alpha value is -3.42. The summed E-state index contributed by atoms with van der Waals surface area (Å²) in [5.41, 5.74) is 3.26. The third kappa shape index (κ3) is 5.06. The maximum atomic E-state index is 13.7. The van der Waals surface area contributed by atoms with Gasteiger partial charge in [-0.25, -0.2) is 4.68 Å². The highest BCUT2D eigenvalue weighted by atomic mass is 79.9. The molecule has 0 spiro atoms. The van der Waals surface area contributed by atoms with Crippen LogP contribution in [0.25, 0.3) is 5.69 Å². The number of hydrogen-bond acceptors (Lipinski definition) is 3. The Morgan fingerprint density at radius 2 is 1.46 bits per heavy atom. The maximum absolute atomic E-state index is 13.7. The molecule has 1 fully saturated rings. The van der Waals surface area contributed by atoms with Crippen molar-refractivity contribution in [3.63, 3.8) is 0 Å². The molecule has 5 rings (SSSR count). The first kappa shape index (κ1) is 25.2. The summed E-state index contributed by atoms with van der Waals surface area (Å²) in [6, 6.07) is 29.8. The van der Waals surface area contributed by atoms with E-state index in [0.29, 0.717) is 30.4 Å². The van der Waals surface area contributed by atoms with E-state index in [-0.39, 0.29) is 11.5 Å². The van der Waals surface area contributed by atoms with Crippen molar-refractivity contribution in [3.05, 3.63) is 123 Å². The van der Waals surface area contributed by atoms with Crippen LogP contribution < -0.4 is 10.9 Å². The fraction of sp³-hybridized carbons (Fsp3) is 0.267. The van der Waals surface area contributed by atoms with E-state index in [1.54, 1.807) is 4.68 Å². The fourth-order valence-corrected chi connectivity index (χ4v) is 5.85. The van der Waals surface area contributed by atoms with Crippen molar-refractivity contribution in [1.82, 2.24) is 19.6 Å². The van der Waals surface area contributed by atoms with Crippen molar-refractivity contribution in [3.8, 4) is 5.69 Å². The van der Waals surface area contributed by atoms with Gasteiger partial charge < -0.3 is 5.32 Å². The molecule has 4 aromatic rings. The summed E-state index contributed by atoms with van der Waals surface area (Å²) in [4.78, 5) is 29.1. The minimum absolute atomic E-state index is 0.0698. The van der Waals surface area contributed by atoms with Gasteiger partial charge in [-0.15, -0.1) is 0 Å². The maximum Gasteiger partial charge on any atom is 0.286 e. The Morgan fingerprint density at radius 3 is 2.08 bits per heavy atom. The number of nitrogens with zero attached hydrogens (tertiary/aromatic N) is 3. The number of halogens is 1. The molecule has 3 aromatic carbocycles. The molecule has 1 aliphatic rings. The number of benzene rings is 3. The fourth-order valence-electron chi connectivity index (χ4n) is 5.30. The molecular formula is C30H31BrN4O2. The molecule has 0 unspecified atom stereocenters. The predicted octanol–water partition coefficient (Wildman–Crippen LogP) is 4.79. The second-order valence-corrected chi connectivity index (χ2v) is 10.4. The molecule has 0 aliphatic carbocycles. The lowest BCUT2D eigenvalue weighted by Crippen LogP contribution is -2.51. The van der Waals surface area contributed by atoms with Gasteiger partial charge in [-0.3, -0.25) is 19.2 Å². The zero-order valence-corrected chi connectivity index (χ0v) is 22.5. The number of para-hydroxylation sites is 1. The van der Waals surface area contributed by atoms with Gasteiger partial charge in [0.15, 0.2) is 0 Å². The lowest BCUT2D eigenvalue weighted by atomic mass is 9.72. The summed E-state index contributed by atoms with van der Waals surface area (Å²) in [5.74, 6) is 0.0750. The first-order valence-electron chi connectivity index (χ1n) is 12.6. The number of carbonyl (C=O) groups excluding carboxylic acids is 1. The van der Waals surface area contributed by atoms with Gasteiger partial charge in [0, 0.05) is 20.1 Å². The monoisotopic (exact) mass is 558 g/mol. The third-order valence-corrected chi connectivity index (χ3v) is 8.26. The number of hydrogen-bond donors (Lipinski definition) is 1. The highest BCUT2D eigenvalue weighted by Crippen LogP contribution is 2.36. The molecule has 0 saturated carbocycles. The Bertz CT molecular complexity index is 1410. The highest BCUT2D eigenvalue weighted by Gasteiger charge is 2.43. The van der Waals surface area contributed by atoms with E-state index in [1.165, 1.54) is 0 Å². The molecule has 0 atom stereocenters. The van der Waals surface area contributed by atoms with Crippen molar-refractivity contribution in [2.75, 3.05) is 13.1 Å².